The summed E-state index contributed by atoms with van der Waals surface area (Å²) >= 11 is 0. The highest BCUT2D eigenvalue weighted by Gasteiger charge is 2.27. The van der Waals surface area contributed by atoms with E-state index in [1.807, 2.05) is 13.8 Å². The molecule has 0 spiro atoms. The zero-order valence-corrected chi connectivity index (χ0v) is 10.4. The Bertz CT molecular complexity index is 359. The summed E-state index contributed by atoms with van der Waals surface area (Å²) in [6, 6.07) is 4.75. The van der Waals surface area contributed by atoms with Gasteiger partial charge in [-0.15, -0.1) is 0 Å². The van der Waals surface area contributed by atoms with E-state index in [4.69, 9.17) is 0 Å². The van der Waals surface area contributed by atoms with Crippen LogP contribution in [0.2, 0.25) is 0 Å². The van der Waals surface area contributed by atoms with Gasteiger partial charge in [0.1, 0.15) is 5.75 Å². The van der Waals surface area contributed by atoms with Gasteiger partial charge in [0.2, 0.25) is 0 Å². The van der Waals surface area contributed by atoms with Crippen LogP contribution in [0.4, 0.5) is 0 Å². The highest BCUT2D eigenvalue weighted by molar-refractivity contribution is 5.42. The predicted molar refractivity (Wildman–Crippen MR) is 66.6 cm³/mol. The number of aryl methyl sites for hydroxylation is 2. The minimum absolute atomic E-state index is 0.430. The smallest absolute Gasteiger partial charge is 0.121 e. The van der Waals surface area contributed by atoms with Crippen molar-refractivity contribution >= 4 is 0 Å². The molecule has 1 aliphatic carbocycles. The Balaban J connectivity index is 1.98. The van der Waals surface area contributed by atoms with Crippen LogP contribution in [0.3, 0.4) is 0 Å². The molecule has 0 aromatic heterocycles. The van der Waals surface area contributed by atoms with E-state index in [-0.39, 0.29) is 0 Å². The first kappa shape index (κ1) is 11.5. The predicted octanol–water partition coefficient (Wildman–Crippen LogP) is 2.90. The minimum Gasteiger partial charge on any atom is -0.507 e. The molecule has 2 nitrogen and oxygen atoms in total. The second-order valence-corrected chi connectivity index (χ2v) is 5.09. The Kier molecular flexibility index (Phi) is 3.20. The van der Waals surface area contributed by atoms with Crippen LogP contribution in [0.5, 0.6) is 5.75 Å². The molecule has 1 fully saturated rings. The maximum Gasteiger partial charge on any atom is 0.121 e. The molecule has 2 heteroatoms. The zero-order valence-electron chi connectivity index (χ0n) is 10.4. The first-order chi connectivity index (χ1) is 7.58. The van der Waals surface area contributed by atoms with Gasteiger partial charge in [0.05, 0.1) is 0 Å². The van der Waals surface area contributed by atoms with Crippen molar-refractivity contribution in [3.63, 3.8) is 0 Å². The van der Waals surface area contributed by atoms with Crippen LogP contribution in [0.15, 0.2) is 12.1 Å². The molecule has 0 heterocycles. The molecule has 88 valence electrons. The van der Waals surface area contributed by atoms with Crippen molar-refractivity contribution in [1.82, 2.24) is 5.32 Å². The standard InChI is InChI=1S/C14H21NO/c1-9-6-12(7-10(2)14(9)16)8-15-11(3)13-4-5-13/h6-7,11,13,15-16H,4-5,8H2,1-3H3. The van der Waals surface area contributed by atoms with Gasteiger partial charge in [0, 0.05) is 12.6 Å². The largest absolute Gasteiger partial charge is 0.507 e. The van der Waals surface area contributed by atoms with Crippen LogP contribution in [0, 0.1) is 19.8 Å². The lowest BCUT2D eigenvalue weighted by Crippen LogP contribution is -2.27. The third-order valence-electron chi connectivity index (χ3n) is 3.51. The van der Waals surface area contributed by atoms with E-state index in [0.717, 1.165) is 23.6 Å². The lowest BCUT2D eigenvalue weighted by molar-refractivity contribution is 0.465. The van der Waals surface area contributed by atoms with E-state index in [2.05, 4.69) is 24.4 Å². The van der Waals surface area contributed by atoms with Gasteiger partial charge in [-0.3, -0.25) is 0 Å². The normalized spacial score (nSPS) is 17.4. The summed E-state index contributed by atoms with van der Waals surface area (Å²) < 4.78 is 0. The molecule has 0 amide bonds. The number of hydrogen-bond donors (Lipinski definition) is 2. The van der Waals surface area contributed by atoms with Crippen molar-refractivity contribution in [1.29, 1.82) is 0 Å². The number of phenols is 1. The fourth-order valence-electron chi connectivity index (χ4n) is 2.19. The highest BCUT2D eigenvalue weighted by Crippen LogP contribution is 2.32. The molecular weight excluding hydrogens is 198 g/mol. The van der Waals surface area contributed by atoms with Gasteiger partial charge < -0.3 is 10.4 Å². The number of aromatic hydroxyl groups is 1. The summed E-state index contributed by atoms with van der Waals surface area (Å²) in [5.41, 5.74) is 3.20. The fraction of sp³-hybridized carbons (Fsp3) is 0.571. The first-order valence-electron chi connectivity index (χ1n) is 6.10. The maximum atomic E-state index is 9.69. The average Bonchev–Trinajstić information content (AvgIpc) is 3.05. The van der Waals surface area contributed by atoms with Crippen LogP contribution in [-0.4, -0.2) is 11.1 Å². The van der Waals surface area contributed by atoms with E-state index < -0.39 is 0 Å². The van der Waals surface area contributed by atoms with Crippen molar-refractivity contribution in [2.24, 2.45) is 5.92 Å². The summed E-state index contributed by atoms with van der Waals surface area (Å²) in [4.78, 5) is 0. The Morgan fingerprint density at radius 1 is 1.31 bits per heavy atom. The number of rotatable bonds is 4. The van der Waals surface area contributed by atoms with Crippen molar-refractivity contribution in [3.8, 4) is 5.75 Å². The topological polar surface area (TPSA) is 32.3 Å². The first-order valence-corrected chi connectivity index (χ1v) is 6.10. The SMILES string of the molecule is Cc1cc(CNC(C)C2CC2)cc(C)c1O. The van der Waals surface area contributed by atoms with Gasteiger partial charge in [0.15, 0.2) is 0 Å². The summed E-state index contributed by atoms with van der Waals surface area (Å²) in [7, 11) is 0. The Hall–Kier alpha value is -1.02. The quantitative estimate of drug-likeness (QED) is 0.816. The third kappa shape index (κ3) is 2.56. The van der Waals surface area contributed by atoms with E-state index in [0.29, 0.717) is 11.8 Å². The molecule has 16 heavy (non-hydrogen) atoms. The molecule has 1 unspecified atom stereocenters. The summed E-state index contributed by atoms with van der Waals surface area (Å²) in [5, 5.41) is 13.2. The van der Waals surface area contributed by atoms with Crippen LogP contribution >= 0.6 is 0 Å². The molecule has 2 rings (SSSR count). The van der Waals surface area contributed by atoms with E-state index in [1.165, 1.54) is 18.4 Å². The summed E-state index contributed by atoms with van der Waals surface area (Å²) in [6.07, 6.45) is 2.75. The highest BCUT2D eigenvalue weighted by atomic mass is 16.3. The van der Waals surface area contributed by atoms with Crippen LogP contribution in [0.25, 0.3) is 0 Å². The van der Waals surface area contributed by atoms with E-state index in [9.17, 15) is 5.11 Å². The Morgan fingerprint density at radius 3 is 2.38 bits per heavy atom. The van der Waals surface area contributed by atoms with Crippen LogP contribution in [0.1, 0.15) is 36.5 Å². The van der Waals surface area contributed by atoms with Crippen molar-refractivity contribution < 1.29 is 5.11 Å². The summed E-state index contributed by atoms with van der Waals surface area (Å²) in [5.74, 6) is 1.32. The van der Waals surface area contributed by atoms with Gasteiger partial charge in [-0.05, 0) is 56.2 Å². The molecule has 1 saturated carbocycles. The monoisotopic (exact) mass is 219 g/mol. The average molecular weight is 219 g/mol. The summed E-state index contributed by atoms with van der Waals surface area (Å²) in [6.45, 7) is 7.07. The molecule has 1 atom stereocenters. The molecule has 1 aromatic carbocycles. The Morgan fingerprint density at radius 2 is 1.88 bits per heavy atom. The van der Waals surface area contributed by atoms with Crippen molar-refractivity contribution in [2.45, 2.75) is 46.2 Å². The van der Waals surface area contributed by atoms with Crippen LogP contribution in [-0.2, 0) is 6.54 Å². The van der Waals surface area contributed by atoms with Gasteiger partial charge in [-0.25, -0.2) is 0 Å². The number of benzene rings is 1. The molecule has 1 aliphatic rings. The van der Waals surface area contributed by atoms with Crippen LogP contribution < -0.4 is 5.32 Å². The fourth-order valence-corrected chi connectivity index (χ4v) is 2.19. The van der Waals surface area contributed by atoms with Gasteiger partial charge in [-0.2, -0.15) is 0 Å². The molecule has 0 aliphatic heterocycles. The lowest BCUT2D eigenvalue weighted by Gasteiger charge is -2.14. The molecule has 2 N–H and O–H groups in total. The number of hydrogen-bond acceptors (Lipinski definition) is 2. The van der Waals surface area contributed by atoms with Crippen molar-refractivity contribution in [3.05, 3.63) is 28.8 Å². The molecule has 0 radical (unpaired) electrons. The second-order valence-electron chi connectivity index (χ2n) is 5.09. The molecule has 1 aromatic rings. The van der Waals surface area contributed by atoms with Gasteiger partial charge in [-0.1, -0.05) is 12.1 Å². The third-order valence-corrected chi connectivity index (χ3v) is 3.51. The molecule has 0 saturated heterocycles. The Labute approximate surface area is 97.7 Å². The van der Waals surface area contributed by atoms with E-state index in [1.54, 1.807) is 0 Å². The molecule has 0 bridgehead atoms. The second kappa shape index (κ2) is 4.46. The lowest BCUT2D eigenvalue weighted by atomic mass is 10.1. The molecular formula is C14H21NO. The number of nitrogens with one attached hydrogen (secondary N) is 1. The van der Waals surface area contributed by atoms with E-state index >= 15 is 0 Å². The maximum absolute atomic E-state index is 9.69. The zero-order chi connectivity index (χ0) is 11.7. The number of phenolic OH excluding ortho intramolecular Hbond substituents is 1. The van der Waals surface area contributed by atoms with Gasteiger partial charge in [0.25, 0.3) is 0 Å². The van der Waals surface area contributed by atoms with Crippen molar-refractivity contribution in [2.75, 3.05) is 0 Å². The van der Waals surface area contributed by atoms with Gasteiger partial charge >= 0.3 is 0 Å². The minimum atomic E-state index is 0.430.